The number of carbonyl (C=O) groups is 1. The number of hydrogen-bond acceptors (Lipinski definition) is 4. The minimum Gasteiger partial charge on any atom is -0.493 e. The molecule has 3 rings (SSSR count). The highest BCUT2D eigenvalue weighted by atomic mass is 16.5. The Morgan fingerprint density at radius 1 is 1.04 bits per heavy atom. The lowest BCUT2D eigenvalue weighted by molar-refractivity contribution is -0.120. The first kappa shape index (κ1) is 19.5. The monoisotopic (exact) mass is 380 g/mol. The molecule has 0 unspecified atom stereocenters. The van der Waals surface area contributed by atoms with Crippen molar-refractivity contribution in [2.75, 3.05) is 14.2 Å². The van der Waals surface area contributed by atoms with E-state index in [1.165, 1.54) is 0 Å². The van der Waals surface area contributed by atoms with Gasteiger partial charge in [-0.15, -0.1) is 0 Å². The van der Waals surface area contributed by atoms with Gasteiger partial charge in [-0.2, -0.15) is 0 Å². The molecule has 1 heterocycles. The summed E-state index contributed by atoms with van der Waals surface area (Å²) in [6.07, 6.45) is 0.185. The van der Waals surface area contributed by atoms with Crippen LogP contribution in [0.5, 0.6) is 11.5 Å². The van der Waals surface area contributed by atoms with Crippen molar-refractivity contribution in [2.45, 2.75) is 26.8 Å². The van der Waals surface area contributed by atoms with Crippen LogP contribution >= 0.6 is 0 Å². The summed E-state index contributed by atoms with van der Waals surface area (Å²) in [5, 5.41) is 3.78. The van der Waals surface area contributed by atoms with E-state index in [2.05, 4.69) is 10.3 Å². The van der Waals surface area contributed by atoms with Crippen LogP contribution < -0.4 is 20.3 Å². The molecule has 0 bridgehead atoms. The minimum absolute atomic E-state index is 0.171. The summed E-state index contributed by atoms with van der Waals surface area (Å²) in [6, 6.07) is 11.2. The lowest BCUT2D eigenvalue weighted by Gasteiger charge is -2.10. The molecule has 0 saturated heterocycles. The second-order valence-electron chi connectivity index (χ2n) is 6.81. The number of nitrogens with one attached hydrogen (secondary N) is 2. The number of aromatic amines is 1. The fourth-order valence-electron chi connectivity index (χ4n) is 3.30. The van der Waals surface area contributed by atoms with E-state index in [0.29, 0.717) is 17.1 Å². The SMILES string of the molecule is COc1ccc(CC(=O)NCc2cc3cc(C)cc(C)c3[nH]c2=O)cc1OC. The molecule has 0 aliphatic carbocycles. The number of hydrogen-bond donors (Lipinski definition) is 2. The summed E-state index contributed by atoms with van der Waals surface area (Å²) in [5.41, 5.74) is 4.12. The third kappa shape index (κ3) is 4.17. The fourth-order valence-corrected chi connectivity index (χ4v) is 3.30. The van der Waals surface area contributed by atoms with Gasteiger partial charge in [-0.1, -0.05) is 17.7 Å². The molecule has 3 aromatic rings. The molecule has 28 heavy (non-hydrogen) atoms. The van der Waals surface area contributed by atoms with Crippen LogP contribution in [-0.4, -0.2) is 25.1 Å². The van der Waals surface area contributed by atoms with Gasteiger partial charge in [0.2, 0.25) is 5.91 Å². The Kier molecular flexibility index (Phi) is 5.68. The second kappa shape index (κ2) is 8.17. The van der Waals surface area contributed by atoms with Crippen LogP contribution in [0.25, 0.3) is 10.9 Å². The van der Waals surface area contributed by atoms with Crippen molar-refractivity contribution in [2.24, 2.45) is 0 Å². The van der Waals surface area contributed by atoms with Crippen LogP contribution in [0.15, 0.2) is 41.2 Å². The minimum atomic E-state index is -0.189. The van der Waals surface area contributed by atoms with Gasteiger partial charge in [0.1, 0.15) is 0 Å². The highest BCUT2D eigenvalue weighted by molar-refractivity contribution is 5.83. The summed E-state index contributed by atoms with van der Waals surface area (Å²) in [5.74, 6) is 1.01. The first-order chi connectivity index (χ1) is 13.4. The van der Waals surface area contributed by atoms with Gasteiger partial charge in [-0.25, -0.2) is 0 Å². The average molecular weight is 380 g/mol. The molecule has 0 spiro atoms. The molecule has 0 aliphatic rings. The number of ether oxygens (including phenoxy) is 2. The molecular formula is C22H24N2O4. The Hall–Kier alpha value is -3.28. The molecule has 2 aromatic carbocycles. The largest absolute Gasteiger partial charge is 0.493 e. The Morgan fingerprint density at radius 3 is 2.50 bits per heavy atom. The van der Waals surface area contributed by atoms with E-state index in [-0.39, 0.29) is 24.4 Å². The van der Waals surface area contributed by atoms with Crippen LogP contribution in [0, 0.1) is 13.8 Å². The normalized spacial score (nSPS) is 10.7. The first-order valence-corrected chi connectivity index (χ1v) is 9.02. The summed E-state index contributed by atoms with van der Waals surface area (Å²) >= 11 is 0. The number of H-pyrrole nitrogens is 1. The Labute approximate surface area is 163 Å². The number of fused-ring (bicyclic) bond motifs is 1. The zero-order valence-corrected chi connectivity index (χ0v) is 16.5. The zero-order chi connectivity index (χ0) is 20.3. The van der Waals surface area contributed by atoms with Gasteiger partial charge >= 0.3 is 0 Å². The summed E-state index contributed by atoms with van der Waals surface area (Å²) in [6.45, 7) is 4.16. The van der Waals surface area contributed by atoms with E-state index in [9.17, 15) is 9.59 Å². The van der Waals surface area contributed by atoms with E-state index >= 15 is 0 Å². The van der Waals surface area contributed by atoms with Crippen molar-refractivity contribution in [3.8, 4) is 11.5 Å². The van der Waals surface area contributed by atoms with Gasteiger partial charge in [0.15, 0.2) is 11.5 Å². The third-order valence-electron chi connectivity index (χ3n) is 4.66. The maximum absolute atomic E-state index is 12.4. The number of methoxy groups -OCH3 is 2. The van der Waals surface area contributed by atoms with Gasteiger partial charge in [0.25, 0.3) is 5.56 Å². The van der Waals surface area contributed by atoms with E-state index < -0.39 is 0 Å². The van der Waals surface area contributed by atoms with Crippen LogP contribution in [0.1, 0.15) is 22.3 Å². The van der Waals surface area contributed by atoms with Crippen molar-refractivity contribution in [1.82, 2.24) is 10.3 Å². The number of rotatable bonds is 6. The molecule has 146 valence electrons. The molecule has 0 atom stereocenters. The molecule has 0 saturated carbocycles. The van der Waals surface area contributed by atoms with Crippen molar-refractivity contribution in [3.05, 3.63) is 69.0 Å². The van der Waals surface area contributed by atoms with Gasteiger partial charge in [-0.05, 0) is 54.6 Å². The number of aryl methyl sites for hydroxylation is 2. The Balaban J connectivity index is 1.72. The molecule has 1 aromatic heterocycles. The van der Waals surface area contributed by atoms with E-state index in [1.807, 2.05) is 38.1 Å². The molecular weight excluding hydrogens is 356 g/mol. The zero-order valence-electron chi connectivity index (χ0n) is 16.5. The maximum Gasteiger partial charge on any atom is 0.253 e. The van der Waals surface area contributed by atoms with Crippen LogP contribution in [-0.2, 0) is 17.8 Å². The Morgan fingerprint density at radius 2 is 1.79 bits per heavy atom. The number of carbonyl (C=O) groups excluding carboxylic acids is 1. The van der Waals surface area contributed by atoms with Crippen LogP contribution in [0.2, 0.25) is 0 Å². The van der Waals surface area contributed by atoms with E-state index in [0.717, 1.165) is 27.6 Å². The fraction of sp³-hybridized carbons (Fsp3) is 0.273. The van der Waals surface area contributed by atoms with Gasteiger partial charge in [0.05, 0.1) is 26.2 Å². The molecule has 6 heteroatoms. The third-order valence-corrected chi connectivity index (χ3v) is 4.66. The highest BCUT2D eigenvalue weighted by Gasteiger charge is 2.10. The quantitative estimate of drug-likeness (QED) is 0.689. The smallest absolute Gasteiger partial charge is 0.253 e. The van der Waals surface area contributed by atoms with Crippen molar-refractivity contribution < 1.29 is 14.3 Å². The van der Waals surface area contributed by atoms with Crippen LogP contribution in [0.3, 0.4) is 0 Å². The van der Waals surface area contributed by atoms with Gasteiger partial charge in [-0.3, -0.25) is 9.59 Å². The van der Waals surface area contributed by atoms with E-state index in [1.54, 1.807) is 26.4 Å². The number of aromatic nitrogens is 1. The maximum atomic E-state index is 12.4. The summed E-state index contributed by atoms with van der Waals surface area (Å²) in [7, 11) is 3.12. The molecule has 6 nitrogen and oxygen atoms in total. The predicted octanol–water partition coefficient (Wildman–Crippen LogP) is 3.02. The second-order valence-corrected chi connectivity index (χ2v) is 6.81. The number of benzene rings is 2. The molecule has 2 N–H and O–H groups in total. The predicted molar refractivity (Wildman–Crippen MR) is 109 cm³/mol. The van der Waals surface area contributed by atoms with Gasteiger partial charge in [0, 0.05) is 12.1 Å². The van der Waals surface area contributed by atoms with Crippen molar-refractivity contribution in [1.29, 1.82) is 0 Å². The number of amides is 1. The standard InChI is InChI=1S/C22H24N2O4/c1-13-7-14(2)21-16(8-13)11-17(22(26)24-21)12-23-20(25)10-15-5-6-18(27-3)19(9-15)28-4/h5-9,11H,10,12H2,1-4H3,(H,23,25)(H,24,26). The van der Waals surface area contributed by atoms with Crippen molar-refractivity contribution >= 4 is 16.8 Å². The Bertz CT molecular complexity index is 1090. The lowest BCUT2D eigenvalue weighted by Crippen LogP contribution is -2.28. The summed E-state index contributed by atoms with van der Waals surface area (Å²) in [4.78, 5) is 27.6. The molecule has 1 amide bonds. The highest BCUT2D eigenvalue weighted by Crippen LogP contribution is 2.27. The average Bonchev–Trinajstić information content (AvgIpc) is 2.67. The van der Waals surface area contributed by atoms with E-state index in [4.69, 9.17) is 9.47 Å². The molecule has 0 aliphatic heterocycles. The summed E-state index contributed by atoms with van der Waals surface area (Å²) < 4.78 is 10.5. The topological polar surface area (TPSA) is 80.4 Å². The van der Waals surface area contributed by atoms with Crippen LogP contribution in [0.4, 0.5) is 0 Å². The first-order valence-electron chi connectivity index (χ1n) is 9.02. The molecule has 0 radical (unpaired) electrons. The number of pyridine rings is 1. The molecule has 0 fully saturated rings. The van der Waals surface area contributed by atoms with Gasteiger partial charge < -0.3 is 19.8 Å². The lowest BCUT2D eigenvalue weighted by atomic mass is 10.1. The van der Waals surface area contributed by atoms with Crippen molar-refractivity contribution in [3.63, 3.8) is 0 Å².